The summed E-state index contributed by atoms with van der Waals surface area (Å²) in [6, 6.07) is 55.8. The van der Waals surface area contributed by atoms with Crippen LogP contribution >= 0.6 is 0 Å². The van der Waals surface area contributed by atoms with Crippen LogP contribution in [0, 0.1) is 0 Å². The first-order chi connectivity index (χ1) is 32.2. The molecule has 0 bridgehead atoms. The van der Waals surface area contributed by atoms with E-state index >= 15 is 0 Å². The summed E-state index contributed by atoms with van der Waals surface area (Å²) in [6.07, 6.45) is 19.8. The number of para-hydroxylation sites is 3. The van der Waals surface area contributed by atoms with Crippen molar-refractivity contribution in [3.05, 3.63) is 266 Å². The number of carboxylic acids is 3. The Morgan fingerprint density at radius 2 is 0.746 bits per heavy atom. The Bertz CT molecular complexity index is 2740. The zero-order valence-corrected chi connectivity index (χ0v) is 38.2. The van der Waals surface area contributed by atoms with Crippen LogP contribution in [0.15, 0.2) is 249 Å². The van der Waals surface area contributed by atoms with E-state index in [4.69, 9.17) is 4.98 Å². The minimum Gasteiger partial charge on any atom is -0.547 e. The zero-order chi connectivity index (χ0) is 46.2. The van der Waals surface area contributed by atoms with E-state index in [0.717, 1.165) is 28.1 Å². The van der Waals surface area contributed by atoms with E-state index in [1.54, 1.807) is 146 Å². The Morgan fingerprint density at radius 1 is 0.418 bits per heavy atom. The van der Waals surface area contributed by atoms with E-state index in [1.165, 1.54) is 0 Å². The summed E-state index contributed by atoms with van der Waals surface area (Å²) >= 11 is 0. The number of allylic oxidation sites excluding steroid dienone is 6. The first kappa shape index (κ1) is 48.2. The Balaban J connectivity index is 0.000000149. The van der Waals surface area contributed by atoms with Crippen molar-refractivity contribution in [1.82, 2.24) is 25.5 Å². The predicted molar refractivity (Wildman–Crippen MR) is 250 cm³/mol. The Morgan fingerprint density at radius 3 is 1.09 bits per heavy atom. The Labute approximate surface area is 401 Å². The number of dihydropyridines is 3. The number of carbonyl (C=O) groups excluding carboxylic acids is 3. The molecule has 3 atom stereocenters. The number of carboxylic acid groups (broad SMARTS) is 3. The average Bonchev–Trinajstić information content (AvgIpc) is 3.79. The standard InChI is InChI=1S/C19H14N2.3C12H11NO2.Ir/c1-3-9-15(10-4-1)19-20-17-13-7-8-14-18(17)21(19)16-11-5-2-6-12-16;3*14-11(15)12(8-4-5-9-13-12)10-6-2-1-3-7-10;/h1-14H;3*1-9,13H,(H,14,15);/q;;;;+3/p-3. The smallest absolute Gasteiger partial charge is 0.547 e. The summed E-state index contributed by atoms with van der Waals surface area (Å²) in [5, 5.41) is 42.1. The van der Waals surface area contributed by atoms with Gasteiger partial charge in [-0.25, -0.2) is 4.98 Å². The topological polar surface area (TPSA) is 174 Å². The second-order valence-electron chi connectivity index (χ2n) is 14.9. The molecule has 334 valence electrons. The third-order valence-electron chi connectivity index (χ3n) is 10.9. The molecule has 0 spiro atoms. The van der Waals surface area contributed by atoms with Crippen LogP contribution in [0.3, 0.4) is 0 Å². The van der Waals surface area contributed by atoms with E-state index in [0.29, 0.717) is 16.7 Å². The molecular formula is C55H44IrN5O6. The first-order valence-electron chi connectivity index (χ1n) is 21.0. The average molecular weight is 1060 g/mol. The number of imidazole rings is 1. The van der Waals surface area contributed by atoms with Crippen LogP contribution in [0.2, 0.25) is 0 Å². The summed E-state index contributed by atoms with van der Waals surface area (Å²) in [5.41, 5.74) is 2.65. The fourth-order valence-corrected chi connectivity index (χ4v) is 7.47. The number of nitrogens with zero attached hydrogens (tertiary/aromatic N) is 2. The van der Waals surface area contributed by atoms with Crippen LogP contribution in [0.1, 0.15) is 16.7 Å². The molecule has 3 aliphatic heterocycles. The second kappa shape index (κ2) is 22.5. The van der Waals surface area contributed by atoms with Gasteiger partial charge in [-0.2, -0.15) is 0 Å². The maximum atomic E-state index is 11.2. The fraction of sp³-hybridized carbons (Fsp3) is 0.0545. The fourth-order valence-electron chi connectivity index (χ4n) is 7.47. The van der Waals surface area contributed by atoms with Gasteiger partial charge in [-0.3, -0.25) is 4.57 Å². The summed E-state index contributed by atoms with van der Waals surface area (Å²) in [5.74, 6) is -2.50. The quantitative estimate of drug-likeness (QED) is 0.174. The SMILES string of the molecule is O=C([O-])C1(c2ccccc2)C=CC=CN1.O=C([O-])C1(c2ccccc2)C=CC=CN1.O=C([O-])C1(c2ccccc2)C=CC=CN1.[Ir+3].c1ccc(-c2nc3ccccc3n2-c2ccccc2)cc1. The number of benzene rings is 6. The molecule has 6 aromatic carbocycles. The number of aromatic nitrogens is 2. The van der Waals surface area contributed by atoms with Crippen molar-refractivity contribution in [2.75, 3.05) is 0 Å². The van der Waals surface area contributed by atoms with E-state index in [1.807, 2.05) is 48.5 Å². The minimum atomic E-state index is -1.24. The number of hydrogen-bond acceptors (Lipinski definition) is 10. The summed E-state index contributed by atoms with van der Waals surface area (Å²) in [6.45, 7) is 0. The van der Waals surface area contributed by atoms with Crippen LogP contribution in [-0.4, -0.2) is 27.5 Å². The van der Waals surface area contributed by atoms with Crippen LogP contribution < -0.4 is 31.3 Å². The largest absolute Gasteiger partial charge is 3.00 e. The van der Waals surface area contributed by atoms with Crippen LogP contribution in [-0.2, 0) is 51.1 Å². The van der Waals surface area contributed by atoms with Gasteiger partial charge < -0.3 is 45.7 Å². The Kier molecular flexibility index (Phi) is 16.2. The third-order valence-corrected chi connectivity index (χ3v) is 10.9. The van der Waals surface area contributed by atoms with Gasteiger partial charge in [-0.05, 0) is 96.0 Å². The molecule has 10 rings (SSSR count). The molecule has 7 aromatic rings. The van der Waals surface area contributed by atoms with Crippen molar-refractivity contribution in [1.29, 1.82) is 0 Å². The van der Waals surface area contributed by atoms with Crippen molar-refractivity contribution >= 4 is 28.9 Å². The normalized spacial score (nSPS) is 19.2. The van der Waals surface area contributed by atoms with Crippen LogP contribution in [0.25, 0.3) is 28.1 Å². The molecular weight excluding hydrogens is 1020 g/mol. The van der Waals surface area contributed by atoms with Gasteiger partial charge in [0.25, 0.3) is 0 Å². The first-order valence-corrected chi connectivity index (χ1v) is 21.0. The molecule has 0 saturated heterocycles. The number of fused-ring (bicyclic) bond motifs is 1. The van der Waals surface area contributed by atoms with Gasteiger partial charge in [-0.15, -0.1) is 0 Å². The van der Waals surface area contributed by atoms with Gasteiger partial charge >= 0.3 is 20.1 Å². The molecule has 3 unspecified atom stereocenters. The van der Waals surface area contributed by atoms with Crippen molar-refractivity contribution in [3.8, 4) is 17.1 Å². The number of carbonyl (C=O) groups is 3. The minimum absolute atomic E-state index is 0. The van der Waals surface area contributed by atoms with Gasteiger partial charge in [0.05, 0.1) is 28.9 Å². The Hall–Kier alpha value is -8.31. The molecule has 67 heavy (non-hydrogen) atoms. The molecule has 0 aliphatic carbocycles. The second-order valence-corrected chi connectivity index (χ2v) is 14.9. The van der Waals surface area contributed by atoms with Gasteiger partial charge in [0.1, 0.15) is 22.4 Å². The molecule has 1 aromatic heterocycles. The van der Waals surface area contributed by atoms with Gasteiger partial charge in [-0.1, -0.05) is 170 Å². The molecule has 3 aliphatic rings. The zero-order valence-electron chi connectivity index (χ0n) is 35.8. The molecule has 11 nitrogen and oxygen atoms in total. The molecule has 0 amide bonds. The molecule has 0 fully saturated rings. The van der Waals surface area contributed by atoms with E-state index in [9.17, 15) is 29.7 Å². The molecule has 4 heterocycles. The summed E-state index contributed by atoms with van der Waals surface area (Å²) in [4.78, 5) is 38.5. The molecule has 12 heteroatoms. The van der Waals surface area contributed by atoms with Crippen LogP contribution in [0.4, 0.5) is 0 Å². The van der Waals surface area contributed by atoms with Crippen molar-refractivity contribution < 1.29 is 49.8 Å². The number of rotatable bonds is 8. The van der Waals surface area contributed by atoms with Crippen molar-refractivity contribution in [3.63, 3.8) is 0 Å². The third kappa shape index (κ3) is 10.8. The number of nitrogens with one attached hydrogen (secondary N) is 3. The van der Waals surface area contributed by atoms with E-state index < -0.39 is 34.5 Å². The van der Waals surface area contributed by atoms with Gasteiger partial charge in [0, 0.05) is 11.3 Å². The van der Waals surface area contributed by atoms with Crippen LogP contribution in [0.5, 0.6) is 0 Å². The summed E-state index contributed by atoms with van der Waals surface area (Å²) in [7, 11) is 0. The molecule has 0 saturated carbocycles. The summed E-state index contributed by atoms with van der Waals surface area (Å²) < 4.78 is 2.21. The molecule has 3 N–H and O–H groups in total. The maximum Gasteiger partial charge on any atom is 3.00 e. The number of aliphatic carboxylic acids is 3. The van der Waals surface area contributed by atoms with E-state index in [2.05, 4.69) is 75.1 Å². The van der Waals surface area contributed by atoms with E-state index in [-0.39, 0.29) is 20.1 Å². The van der Waals surface area contributed by atoms with Gasteiger partial charge in [0.15, 0.2) is 0 Å². The van der Waals surface area contributed by atoms with Gasteiger partial charge in [0.2, 0.25) is 0 Å². The van der Waals surface area contributed by atoms with Crippen molar-refractivity contribution in [2.45, 2.75) is 16.6 Å². The maximum absolute atomic E-state index is 11.2. The van der Waals surface area contributed by atoms with Crippen molar-refractivity contribution in [2.24, 2.45) is 0 Å². The predicted octanol–water partition coefficient (Wildman–Crippen LogP) is 5.60. The number of hydrogen-bond donors (Lipinski definition) is 3. The monoisotopic (exact) mass is 1060 g/mol. The molecule has 0 radical (unpaired) electrons.